The average molecular weight is 272 g/mol. The van der Waals surface area contributed by atoms with E-state index >= 15 is 0 Å². The van der Waals surface area contributed by atoms with Crippen LogP contribution in [0.4, 0.5) is 0 Å². The van der Waals surface area contributed by atoms with Gasteiger partial charge in [-0.15, -0.1) is 0 Å². The van der Waals surface area contributed by atoms with Gasteiger partial charge in [0.1, 0.15) is 0 Å². The van der Waals surface area contributed by atoms with Gasteiger partial charge in [-0.1, -0.05) is 24.6 Å². The lowest BCUT2D eigenvalue weighted by atomic mass is 9.72. The van der Waals surface area contributed by atoms with Crippen LogP contribution in [0.5, 0.6) is 0 Å². The summed E-state index contributed by atoms with van der Waals surface area (Å²) in [6.07, 6.45) is 4.94. The van der Waals surface area contributed by atoms with Crippen LogP contribution < -0.4 is 5.32 Å². The van der Waals surface area contributed by atoms with E-state index in [9.17, 15) is 4.79 Å². The van der Waals surface area contributed by atoms with Crippen molar-refractivity contribution < 1.29 is 4.79 Å². The standard InChI is InChI=1S/C17H24N2O/c1-19-11-10-15-14(12-19)8-5-9-16(15)18-17(20)13-6-3-2-4-7-13/h2-4,6-7,14-16H,5,8-12H2,1H3,(H,18,20)/t14-,15-,16-/m1/s1. The molecule has 0 aromatic heterocycles. The van der Waals surface area contributed by atoms with Gasteiger partial charge in [-0.3, -0.25) is 4.79 Å². The van der Waals surface area contributed by atoms with Crippen molar-refractivity contribution in [3.05, 3.63) is 35.9 Å². The van der Waals surface area contributed by atoms with Crippen LogP contribution >= 0.6 is 0 Å². The minimum absolute atomic E-state index is 0.0928. The fourth-order valence-corrected chi connectivity index (χ4v) is 3.90. The van der Waals surface area contributed by atoms with Crippen molar-refractivity contribution in [1.29, 1.82) is 0 Å². The molecule has 1 aliphatic carbocycles. The summed E-state index contributed by atoms with van der Waals surface area (Å²) in [5.41, 5.74) is 0.780. The third-order valence-corrected chi connectivity index (χ3v) is 4.96. The second-order valence-corrected chi connectivity index (χ2v) is 6.35. The summed E-state index contributed by atoms with van der Waals surface area (Å²) in [4.78, 5) is 14.8. The maximum Gasteiger partial charge on any atom is 0.251 e. The lowest BCUT2D eigenvalue weighted by molar-refractivity contribution is 0.0661. The quantitative estimate of drug-likeness (QED) is 0.897. The zero-order chi connectivity index (χ0) is 13.9. The Morgan fingerprint density at radius 1 is 1.20 bits per heavy atom. The van der Waals surface area contributed by atoms with Gasteiger partial charge in [-0.25, -0.2) is 0 Å². The van der Waals surface area contributed by atoms with E-state index in [0.29, 0.717) is 12.0 Å². The molecule has 1 saturated carbocycles. The molecular formula is C17H24N2O. The van der Waals surface area contributed by atoms with Crippen molar-refractivity contribution in [3.63, 3.8) is 0 Å². The third kappa shape index (κ3) is 2.88. The number of nitrogens with zero attached hydrogens (tertiary/aromatic N) is 1. The molecule has 1 amide bonds. The molecule has 3 atom stereocenters. The van der Waals surface area contributed by atoms with Gasteiger partial charge < -0.3 is 10.2 Å². The van der Waals surface area contributed by atoms with E-state index < -0.39 is 0 Å². The smallest absolute Gasteiger partial charge is 0.251 e. The summed E-state index contributed by atoms with van der Waals surface area (Å²) in [6, 6.07) is 9.96. The Hall–Kier alpha value is -1.35. The number of nitrogens with one attached hydrogen (secondary N) is 1. The number of likely N-dealkylation sites (tertiary alicyclic amines) is 1. The summed E-state index contributed by atoms with van der Waals surface area (Å²) in [5, 5.41) is 3.29. The summed E-state index contributed by atoms with van der Waals surface area (Å²) in [7, 11) is 2.21. The van der Waals surface area contributed by atoms with E-state index in [2.05, 4.69) is 17.3 Å². The van der Waals surface area contributed by atoms with Crippen LogP contribution in [0.2, 0.25) is 0 Å². The van der Waals surface area contributed by atoms with E-state index in [1.807, 2.05) is 30.3 Å². The van der Waals surface area contributed by atoms with Crippen LogP contribution in [-0.2, 0) is 0 Å². The van der Waals surface area contributed by atoms with Gasteiger partial charge in [-0.2, -0.15) is 0 Å². The van der Waals surface area contributed by atoms with Crippen molar-refractivity contribution in [3.8, 4) is 0 Å². The third-order valence-electron chi connectivity index (χ3n) is 4.96. The average Bonchev–Trinajstić information content (AvgIpc) is 2.48. The van der Waals surface area contributed by atoms with E-state index in [4.69, 9.17) is 0 Å². The van der Waals surface area contributed by atoms with Gasteiger partial charge in [0.05, 0.1) is 0 Å². The minimum Gasteiger partial charge on any atom is -0.349 e. The predicted molar refractivity (Wildman–Crippen MR) is 80.6 cm³/mol. The van der Waals surface area contributed by atoms with Crippen molar-refractivity contribution in [2.45, 2.75) is 31.7 Å². The molecule has 2 fully saturated rings. The molecule has 108 valence electrons. The second kappa shape index (κ2) is 5.96. The SMILES string of the molecule is CN1CC[C@@H]2[C@H](CCC[C@H]2NC(=O)c2ccccc2)C1. The van der Waals surface area contributed by atoms with Crippen LogP contribution in [-0.4, -0.2) is 37.0 Å². The summed E-state index contributed by atoms with van der Waals surface area (Å²) in [6.45, 7) is 2.36. The number of carbonyl (C=O) groups excluding carboxylic acids is 1. The van der Waals surface area contributed by atoms with E-state index in [0.717, 1.165) is 17.9 Å². The van der Waals surface area contributed by atoms with E-state index in [1.165, 1.54) is 32.4 Å². The molecular weight excluding hydrogens is 248 g/mol. The predicted octanol–water partition coefficient (Wildman–Crippen LogP) is 2.54. The number of carbonyl (C=O) groups is 1. The zero-order valence-electron chi connectivity index (χ0n) is 12.2. The molecule has 0 spiro atoms. The maximum atomic E-state index is 12.3. The topological polar surface area (TPSA) is 32.3 Å². The highest BCUT2D eigenvalue weighted by Crippen LogP contribution is 2.36. The largest absolute Gasteiger partial charge is 0.349 e. The second-order valence-electron chi connectivity index (χ2n) is 6.35. The number of fused-ring (bicyclic) bond motifs is 1. The molecule has 3 heteroatoms. The molecule has 1 N–H and O–H groups in total. The molecule has 1 heterocycles. The molecule has 1 aromatic carbocycles. The molecule has 0 bridgehead atoms. The molecule has 2 aliphatic rings. The lowest BCUT2D eigenvalue weighted by Crippen LogP contribution is -2.51. The van der Waals surface area contributed by atoms with Gasteiger partial charge in [0.15, 0.2) is 0 Å². The Kier molecular flexibility index (Phi) is 4.06. The molecule has 0 unspecified atom stereocenters. The molecule has 1 aromatic rings. The molecule has 20 heavy (non-hydrogen) atoms. The highest BCUT2D eigenvalue weighted by molar-refractivity contribution is 5.94. The van der Waals surface area contributed by atoms with Crippen LogP contribution in [0.1, 0.15) is 36.0 Å². The number of piperidine rings is 1. The summed E-state index contributed by atoms with van der Waals surface area (Å²) >= 11 is 0. The Labute approximate surface area is 121 Å². The summed E-state index contributed by atoms with van der Waals surface area (Å²) in [5.74, 6) is 1.53. The first kappa shape index (κ1) is 13.6. The fourth-order valence-electron chi connectivity index (χ4n) is 3.90. The Morgan fingerprint density at radius 3 is 2.80 bits per heavy atom. The Balaban J connectivity index is 1.66. The number of amides is 1. The number of hydrogen-bond acceptors (Lipinski definition) is 2. The van der Waals surface area contributed by atoms with Gasteiger partial charge >= 0.3 is 0 Å². The first-order valence-electron chi connectivity index (χ1n) is 7.78. The summed E-state index contributed by atoms with van der Waals surface area (Å²) < 4.78 is 0. The highest BCUT2D eigenvalue weighted by Gasteiger charge is 2.37. The van der Waals surface area contributed by atoms with Gasteiger partial charge in [0.25, 0.3) is 5.91 Å². The zero-order valence-corrected chi connectivity index (χ0v) is 12.2. The van der Waals surface area contributed by atoms with Gasteiger partial charge in [-0.05, 0) is 56.8 Å². The van der Waals surface area contributed by atoms with Crippen molar-refractivity contribution in [1.82, 2.24) is 10.2 Å². The Morgan fingerprint density at radius 2 is 2.00 bits per heavy atom. The van der Waals surface area contributed by atoms with Crippen molar-refractivity contribution in [2.24, 2.45) is 11.8 Å². The Bertz CT molecular complexity index is 459. The first-order valence-corrected chi connectivity index (χ1v) is 7.78. The van der Waals surface area contributed by atoms with Crippen molar-refractivity contribution >= 4 is 5.91 Å². The van der Waals surface area contributed by atoms with Crippen LogP contribution in [0.3, 0.4) is 0 Å². The van der Waals surface area contributed by atoms with E-state index in [1.54, 1.807) is 0 Å². The molecule has 3 nitrogen and oxygen atoms in total. The first-order chi connectivity index (χ1) is 9.74. The number of benzene rings is 1. The molecule has 0 radical (unpaired) electrons. The monoisotopic (exact) mass is 272 g/mol. The molecule has 3 rings (SSSR count). The molecule has 1 saturated heterocycles. The lowest BCUT2D eigenvalue weighted by Gasteiger charge is -2.44. The maximum absolute atomic E-state index is 12.3. The number of hydrogen-bond donors (Lipinski definition) is 1. The highest BCUT2D eigenvalue weighted by atomic mass is 16.1. The van der Waals surface area contributed by atoms with Gasteiger partial charge in [0.2, 0.25) is 0 Å². The van der Waals surface area contributed by atoms with E-state index in [-0.39, 0.29) is 5.91 Å². The van der Waals surface area contributed by atoms with Crippen molar-refractivity contribution in [2.75, 3.05) is 20.1 Å². The van der Waals surface area contributed by atoms with Crippen LogP contribution in [0.15, 0.2) is 30.3 Å². The van der Waals surface area contributed by atoms with Crippen LogP contribution in [0, 0.1) is 11.8 Å². The fraction of sp³-hybridized carbons (Fsp3) is 0.588. The van der Waals surface area contributed by atoms with Crippen LogP contribution in [0.25, 0.3) is 0 Å². The number of rotatable bonds is 2. The normalized spacial score (nSPS) is 30.6. The van der Waals surface area contributed by atoms with Gasteiger partial charge in [0, 0.05) is 18.2 Å². The molecule has 1 aliphatic heterocycles. The minimum atomic E-state index is 0.0928.